The predicted molar refractivity (Wildman–Crippen MR) is 109 cm³/mol. The second-order valence-electron chi connectivity index (χ2n) is 6.71. The molecule has 1 fully saturated rings. The van der Waals surface area contributed by atoms with Gasteiger partial charge < -0.3 is 20.3 Å². The highest BCUT2D eigenvalue weighted by Gasteiger charge is 2.20. The van der Waals surface area contributed by atoms with Gasteiger partial charge in [-0.15, -0.1) is 0 Å². The molecule has 1 heterocycles. The number of ether oxygens (including phenoxy) is 1. The van der Waals surface area contributed by atoms with E-state index in [1.165, 1.54) is 13.1 Å². The summed E-state index contributed by atoms with van der Waals surface area (Å²) in [6.45, 7) is 14.7. The summed E-state index contributed by atoms with van der Waals surface area (Å²) in [5, 5.41) is 6.83. The number of hydrogen-bond donors (Lipinski definition) is 2. The van der Waals surface area contributed by atoms with Crippen molar-refractivity contribution >= 4 is 5.96 Å². The Morgan fingerprint density at radius 1 is 1.15 bits per heavy atom. The number of methoxy groups -OCH3 is 1. The first-order valence-electron chi connectivity index (χ1n) is 9.78. The van der Waals surface area contributed by atoms with Crippen LogP contribution in [0.2, 0.25) is 0 Å². The molecule has 0 saturated carbocycles. The number of benzene rings is 1. The average molecular weight is 362 g/mol. The van der Waals surface area contributed by atoms with Gasteiger partial charge in [0, 0.05) is 50.9 Å². The number of para-hydroxylation sites is 1. The van der Waals surface area contributed by atoms with Crippen molar-refractivity contribution in [3.8, 4) is 5.75 Å². The normalized spacial score (nSPS) is 17.8. The van der Waals surface area contributed by atoms with E-state index in [0.29, 0.717) is 12.6 Å². The van der Waals surface area contributed by atoms with Crippen molar-refractivity contribution in [2.75, 3.05) is 52.9 Å². The van der Waals surface area contributed by atoms with Crippen LogP contribution < -0.4 is 15.4 Å². The highest BCUT2D eigenvalue weighted by Crippen LogP contribution is 2.17. The summed E-state index contributed by atoms with van der Waals surface area (Å²) in [5.74, 6) is 1.74. The van der Waals surface area contributed by atoms with Gasteiger partial charge in [0.15, 0.2) is 5.96 Å². The molecular formula is C20H35N5O. The van der Waals surface area contributed by atoms with Gasteiger partial charge in [-0.05, 0) is 26.5 Å². The molecule has 2 N–H and O–H groups in total. The highest BCUT2D eigenvalue weighted by molar-refractivity contribution is 5.79. The largest absolute Gasteiger partial charge is 0.496 e. The smallest absolute Gasteiger partial charge is 0.191 e. The number of likely N-dealkylation sites (N-methyl/N-ethyl adjacent to an activating group) is 1. The third-order valence-corrected chi connectivity index (χ3v) is 4.99. The molecule has 0 aliphatic carbocycles. The number of nitrogens with zero attached hydrogens (tertiary/aromatic N) is 3. The van der Waals surface area contributed by atoms with E-state index in [2.05, 4.69) is 47.3 Å². The molecular weight excluding hydrogens is 326 g/mol. The molecule has 0 aromatic heterocycles. The summed E-state index contributed by atoms with van der Waals surface area (Å²) < 4.78 is 5.41. The number of nitrogens with one attached hydrogen (secondary N) is 2. The van der Waals surface area contributed by atoms with E-state index in [4.69, 9.17) is 9.73 Å². The maximum absolute atomic E-state index is 5.41. The van der Waals surface area contributed by atoms with Crippen LogP contribution in [0.1, 0.15) is 26.3 Å². The van der Waals surface area contributed by atoms with Crippen LogP contribution in [0.4, 0.5) is 0 Å². The van der Waals surface area contributed by atoms with Gasteiger partial charge in [-0.2, -0.15) is 0 Å². The zero-order chi connectivity index (χ0) is 18.8. The molecule has 2 rings (SSSR count). The summed E-state index contributed by atoms with van der Waals surface area (Å²) in [6, 6.07) is 8.52. The fraction of sp³-hybridized carbons (Fsp3) is 0.650. The van der Waals surface area contributed by atoms with E-state index in [1.807, 2.05) is 18.2 Å². The third kappa shape index (κ3) is 6.18. The van der Waals surface area contributed by atoms with E-state index in [-0.39, 0.29) is 0 Å². The summed E-state index contributed by atoms with van der Waals surface area (Å²) in [5.41, 5.74) is 1.09. The molecule has 1 saturated heterocycles. The van der Waals surface area contributed by atoms with Gasteiger partial charge in [-0.25, -0.2) is 4.99 Å². The fourth-order valence-electron chi connectivity index (χ4n) is 3.23. The van der Waals surface area contributed by atoms with Crippen molar-refractivity contribution in [3.05, 3.63) is 29.8 Å². The van der Waals surface area contributed by atoms with E-state index >= 15 is 0 Å². The minimum atomic E-state index is 0.490. The first kappa shape index (κ1) is 20.5. The van der Waals surface area contributed by atoms with Gasteiger partial charge >= 0.3 is 0 Å². The van der Waals surface area contributed by atoms with Crippen molar-refractivity contribution in [2.45, 2.75) is 33.4 Å². The molecule has 6 nitrogen and oxygen atoms in total. The number of rotatable bonds is 8. The van der Waals surface area contributed by atoms with Gasteiger partial charge in [-0.3, -0.25) is 4.90 Å². The van der Waals surface area contributed by atoms with Crippen molar-refractivity contribution in [1.82, 2.24) is 20.4 Å². The zero-order valence-corrected chi connectivity index (χ0v) is 16.8. The van der Waals surface area contributed by atoms with Crippen LogP contribution in [0.25, 0.3) is 0 Å². The van der Waals surface area contributed by atoms with Crippen LogP contribution in [0, 0.1) is 0 Å². The molecule has 1 aromatic carbocycles. The predicted octanol–water partition coefficient (Wildman–Crippen LogP) is 1.78. The Hall–Kier alpha value is -1.79. The maximum Gasteiger partial charge on any atom is 0.191 e. The van der Waals surface area contributed by atoms with Crippen molar-refractivity contribution in [1.29, 1.82) is 0 Å². The van der Waals surface area contributed by atoms with Gasteiger partial charge in [0.05, 0.1) is 13.7 Å². The molecule has 0 amide bonds. The SMILES string of the molecule is CCNC(=NCc1ccccc1OC)NCC(C)N1CCN(CC)CC1. The maximum atomic E-state index is 5.41. The molecule has 146 valence electrons. The minimum absolute atomic E-state index is 0.490. The Morgan fingerprint density at radius 3 is 2.54 bits per heavy atom. The Bertz CT molecular complexity index is 555. The molecule has 6 heteroatoms. The lowest BCUT2D eigenvalue weighted by molar-refractivity contribution is 0.107. The Kier molecular flexibility index (Phi) is 8.71. The van der Waals surface area contributed by atoms with Crippen LogP contribution in [0.3, 0.4) is 0 Å². The van der Waals surface area contributed by atoms with E-state index in [0.717, 1.165) is 50.0 Å². The molecule has 0 radical (unpaired) electrons. The zero-order valence-electron chi connectivity index (χ0n) is 16.8. The van der Waals surface area contributed by atoms with E-state index < -0.39 is 0 Å². The van der Waals surface area contributed by atoms with Crippen molar-refractivity contribution in [2.24, 2.45) is 4.99 Å². The number of hydrogen-bond acceptors (Lipinski definition) is 4. The first-order chi connectivity index (χ1) is 12.7. The average Bonchev–Trinajstić information content (AvgIpc) is 2.70. The van der Waals surface area contributed by atoms with Crippen LogP contribution in [0.5, 0.6) is 5.75 Å². The van der Waals surface area contributed by atoms with Gasteiger partial charge in [0.2, 0.25) is 0 Å². The molecule has 0 bridgehead atoms. The first-order valence-corrected chi connectivity index (χ1v) is 9.78. The van der Waals surface area contributed by atoms with E-state index in [9.17, 15) is 0 Å². The van der Waals surface area contributed by atoms with E-state index in [1.54, 1.807) is 7.11 Å². The minimum Gasteiger partial charge on any atom is -0.496 e. The molecule has 1 unspecified atom stereocenters. The lowest BCUT2D eigenvalue weighted by Crippen LogP contribution is -2.53. The van der Waals surface area contributed by atoms with Crippen LogP contribution in [-0.4, -0.2) is 74.7 Å². The summed E-state index contributed by atoms with van der Waals surface area (Å²) in [6.07, 6.45) is 0. The quantitative estimate of drug-likeness (QED) is 0.546. The third-order valence-electron chi connectivity index (χ3n) is 4.99. The second-order valence-corrected chi connectivity index (χ2v) is 6.71. The topological polar surface area (TPSA) is 52.1 Å². The van der Waals surface area contributed by atoms with Gasteiger partial charge in [0.1, 0.15) is 5.75 Å². The highest BCUT2D eigenvalue weighted by atomic mass is 16.5. The van der Waals surface area contributed by atoms with Crippen molar-refractivity contribution < 1.29 is 4.74 Å². The monoisotopic (exact) mass is 361 g/mol. The summed E-state index contributed by atoms with van der Waals surface area (Å²) in [7, 11) is 1.70. The Morgan fingerprint density at radius 2 is 1.88 bits per heavy atom. The van der Waals surface area contributed by atoms with Crippen LogP contribution >= 0.6 is 0 Å². The van der Waals surface area contributed by atoms with Crippen molar-refractivity contribution in [3.63, 3.8) is 0 Å². The Balaban J connectivity index is 1.87. The molecule has 1 aliphatic heterocycles. The Labute approximate surface area is 158 Å². The lowest BCUT2D eigenvalue weighted by atomic mass is 10.2. The lowest BCUT2D eigenvalue weighted by Gasteiger charge is -2.37. The number of aliphatic imine (C=N–C) groups is 1. The molecule has 0 spiro atoms. The summed E-state index contributed by atoms with van der Waals surface area (Å²) >= 11 is 0. The molecule has 26 heavy (non-hydrogen) atoms. The number of guanidine groups is 1. The van der Waals surface area contributed by atoms with Crippen LogP contribution in [-0.2, 0) is 6.54 Å². The molecule has 1 aliphatic rings. The van der Waals surface area contributed by atoms with Crippen LogP contribution in [0.15, 0.2) is 29.3 Å². The molecule has 1 aromatic rings. The standard InChI is InChI=1S/C20H35N5O/c1-5-21-20(23-16-18-9-7-8-10-19(18)26-4)22-15-17(3)25-13-11-24(6-2)12-14-25/h7-10,17H,5-6,11-16H2,1-4H3,(H2,21,22,23). The molecule has 1 atom stereocenters. The number of piperazine rings is 1. The summed E-state index contributed by atoms with van der Waals surface area (Å²) in [4.78, 5) is 9.79. The fourth-order valence-corrected chi connectivity index (χ4v) is 3.23. The van der Waals surface area contributed by atoms with Gasteiger partial charge in [0.25, 0.3) is 0 Å². The second kappa shape index (κ2) is 11.0. The van der Waals surface area contributed by atoms with Gasteiger partial charge in [-0.1, -0.05) is 25.1 Å².